The first kappa shape index (κ1) is 17.5. The molecule has 28 heavy (non-hydrogen) atoms. The molecule has 0 saturated carbocycles. The van der Waals surface area contributed by atoms with Gasteiger partial charge in [0.25, 0.3) is 0 Å². The molecule has 138 valence electrons. The van der Waals surface area contributed by atoms with E-state index in [9.17, 15) is 0 Å². The maximum Gasteiger partial charge on any atom is 0.150 e. The zero-order valence-electron chi connectivity index (χ0n) is 15.2. The molecule has 0 aliphatic rings. The Bertz CT molecular complexity index is 985. The minimum absolute atomic E-state index is 0.612. The second kappa shape index (κ2) is 7.76. The van der Waals surface area contributed by atoms with Gasteiger partial charge >= 0.3 is 0 Å². The Morgan fingerprint density at radius 1 is 0.429 bits per heavy atom. The molecule has 0 atom stereocenters. The summed E-state index contributed by atoms with van der Waals surface area (Å²) in [5.74, 6) is 2.77. The van der Waals surface area contributed by atoms with E-state index < -0.39 is 0 Å². The third-order valence-corrected chi connectivity index (χ3v) is 4.34. The monoisotopic (exact) mass is 368 g/mol. The molecule has 0 bridgehead atoms. The normalized spacial score (nSPS) is 10.4. The topological polar surface area (TPSA) is 70.5 Å². The zero-order valence-corrected chi connectivity index (χ0v) is 15.2. The summed E-state index contributed by atoms with van der Waals surface area (Å²) in [4.78, 5) is 0. The third kappa shape index (κ3) is 3.91. The van der Waals surface area contributed by atoms with E-state index in [1.54, 1.807) is 0 Å². The summed E-state index contributed by atoms with van der Waals surface area (Å²) in [6.07, 6.45) is 0. The summed E-state index contributed by atoms with van der Waals surface area (Å²) < 4.78 is 11.7. The molecule has 4 heteroatoms. The van der Waals surface area contributed by atoms with E-state index in [0.717, 1.165) is 22.6 Å². The highest BCUT2D eigenvalue weighted by Gasteiger charge is 2.04. The predicted molar refractivity (Wildman–Crippen MR) is 114 cm³/mol. The van der Waals surface area contributed by atoms with Crippen LogP contribution in [0.15, 0.2) is 97.1 Å². The van der Waals surface area contributed by atoms with Crippen LogP contribution in [0, 0.1) is 0 Å². The summed E-state index contributed by atoms with van der Waals surface area (Å²) >= 11 is 0. The van der Waals surface area contributed by atoms with Gasteiger partial charge in [0.1, 0.15) is 23.0 Å². The molecule has 0 saturated heterocycles. The van der Waals surface area contributed by atoms with Crippen molar-refractivity contribution in [1.82, 2.24) is 0 Å². The number of ether oxygens (including phenoxy) is 2. The number of hydrogen-bond donors (Lipinski definition) is 2. The first-order valence-corrected chi connectivity index (χ1v) is 8.94. The largest absolute Gasteiger partial charge is 0.455 e. The fraction of sp³-hybridized carbons (Fsp3) is 0. The fourth-order valence-electron chi connectivity index (χ4n) is 2.83. The Morgan fingerprint density at radius 2 is 0.786 bits per heavy atom. The van der Waals surface area contributed by atoms with Gasteiger partial charge in [-0.25, -0.2) is 0 Å². The summed E-state index contributed by atoms with van der Waals surface area (Å²) in [6.45, 7) is 0. The molecule has 4 aromatic rings. The van der Waals surface area contributed by atoms with Gasteiger partial charge in [0.15, 0.2) is 0 Å². The molecule has 0 aliphatic heterocycles. The molecule has 0 aromatic heterocycles. The van der Waals surface area contributed by atoms with Crippen LogP contribution in [-0.4, -0.2) is 0 Å². The molecule has 0 fully saturated rings. The molecule has 4 nitrogen and oxygen atoms in total. The molecule has 0 aliphatic carbocycles. The highest BCUT2D eigenvalue weighted by Crippen LogP contribution is 2.31. The van der Waals surface area contributed by atoms with Crippen molar-refractivity contribution in [1.29, 1.82) is 0 Å². The van der Waals surface area contributed by atoms with Crippen molar-refractivity contribution in [2.75, 3.05) is 11.5 Å². The van der Waals surface area contributed by atoms with Crippen LogP contribution >= 0.6 is 0 Å². The van der Waals surface area contributed by atoms with Crippen LogP contribution in [0.2, 0.25) is 0 Å². The van der Waals surface area contributed by atoms with Crippen LogP contribution in [0.4, 0.5) is 11.4 Å². The average molecular weight is 368 g/mol. The van der Waals surface area contributed by atoms with E-state index >= 15 is 0 Å². The van der Waals surface area contributed by atoms with Gasteiger partial charge in [-0.05, 0) is 59.7 Å². The van der Waals surface area contributed by atoms with E-state index in [0.29, 0.717) is 22.9 Å². The van der Waals surface area contributed by atoms with Crippen molar-refractivity contribution in [3.63, 3.8) is 0 Å². The minimum Gasteiger partial charge on any atom is -0.455 e. The Hall–Kier alpha value is -3.92. The number of para-hydroxylation sites is 4. The molecular formula is C24H20N2O2. The maximum absolute atomic E-state index is 5.92. The van der Waals surface area contributed by atoms with Crippen LogP contribution in [0.1, 0.15) is 0 Å². The number of hydrogen-bond acceptors (Lipinski definition) is 4. The molecule has 4 rings (SSSR count). The Labute approximate surface area is 164 Å². The second-order valence-corrected chi connectivity index (χ2v) is 6.33. The van der Waals surface area contributed by atoms with Crippen LogP contribution < -0.4 is 20.9 Å². The van der Waals surface area contributed by atoms with Crippen molar-refractivity contribution < 1.29 is 9.47 Å². The number of nitrogen functional groups attached to an aromatic ring is 2. The van der Waals surface area contributed by atoms with Crippen molar-refractivity contribution in [2.24, 2.45) is 0 Å². The summed E-state index contributed by atoms with van der Waals surface area (Å²) in [7, 11) is 0. The third-order valence-electron chi connectivity index (χ3n) is 4.34. The standard InChI is InChI=1S/C24H20N2O2/c25-21-5-1-3-7-23(21)27-19-13-9-17(10-14-19)18-11-15-20(16-12-18)28-24-8-4-2-6-22(24)26/h1-16H,25-26H2. The van der Waals surface area contributed by atoms with E-state index in [1.165, 1.54) is 0 Å². The highest BCUT2D eigenvalue weighted by molar-refractivity contribution is 5.65. The Balaban J connectivity index is 1.47. The quantitative estimate of drug-likeness (QED) is 0.417. The molecule has 0 spiro atoms. The number of nitrogens with two attached hydrogens (primary N) is 2. The number of rotatable bonds is 5. The van der Waals surface area contributed by atoms with Gasteiger partial charge in [0.05, 0.1) is 11.4 Å². The van der Waals surface area contributed by atoms with Crippen LogP contribution in [0.3, 0.4) is 0 Å². The summed E-state index contributed by atoms with van der Waals surface area (Å²) in [5, 5.41) is 0. The van der Waals surface area contributed by atoms with Gasteiger partial charge in [-0.15, -0.1) is 0 Å². The van der Waals surface area contributed by atoms with Crippen molar-refractivity contribution in [2.45, 2.75) is 0 Å². The molecule has 0 heterocycles. The number of anilines is 2. The summed E-state index contributed by atoms with van der Waals surface area (Å²) in [5.41, 5.74) is 15.2. The first-order chi connectivity index (χ1) is 13.7. The van der Waals surface area contributed by atoms with Crippen molar-refractivity contribution in [3.05, 3.63) is 97.1 Å². The molecule has 0 unspecified atom stereocenters. The van der Waals surface area contributed by atoms with E-state index in [2.05, 4.69) is 0 Å². The van der Waals surface area contributed by atoms with Gasteiger partial charge in [0, 0.05) is 0 Å². The van der Waals surface area contributed by atoms with Gasteiger partial charge in [-0.3, -0.25) is 0 Å². The lowest BCUT2D eigenvalue weighted by Crippen LogP contribution is -1.91. The van der Waals surface area contributed by atoms with Gasteiger partial charge in [-0.1, -0.05) is 48.5 Å². The van der Waals surface area contributed by atoms with Gasteiger partial charge in [0.2, 0.25) is 0 Å². The van der Waals surface area contributed by atoms with Crippen LogP contribution in [-0.2, 0) is 0 Å². The lowest BCUT2D eigenvalue weighted by molar-refractivity contribution is 0.484. The fourth-order valence-corrected chi connectivity index (χ4v) is 2.83. The lowest BCUT2D eigenvalue weighted by Gasteiger charge is -2.10. The lowest BCUT2D eigenvalue weighted by atomic mass is 10.1. The Kier molecular flexibility index (Phi) is 4.85. The molecule has 0 amide bonds. The maximum atomic E-state index is 5.92. The van der Waals surface area contributed by atoms with Crippen LogP contribution in [0.5, 0.6) is 23.0 Å². The Morgan fingerprint density at radius 3 is 1.14 bits per heavy atom. The first-order valence-electron chi connectivity index (χ1n) is 8.94. The molecular weight excluding hydrogens is 348 g/mol. The molecule has 0 radical (unpaired) electrons. The smallest absolute Gasteiger partial charge is 0.150 e. The van der Waals surface area contributed by atoms with Gasteiger partial charge in [-0.2, -0.15) is 0 Å². The second-order valence-electron chi connectivity index (χ2n) is 6.33. The van der Waals surface area contributed by atoms with Crippen LogP contribution in [0.25, 0.3) is 11.1 Å². The van der Waals surface area contributed by atoms with Crippen molar-refractivity contribution in [3.8, 4) is 34.1 Å². The van der Waals surface area contributed by atoms with Gasteiger partial charge < -0.3 is 20.9 Å². The van der Waals surface area contributed by atoms with E-state index in [-0.39, 0.29) is 0 Å². The van der Waals surface area contributed by atoms with E-state index in [4.69, 9.17) is 20.9 Å². The molecule has 4 aromatic carbocycles. The SMILES string of the molecule is Nc1ccccc1Oc1ccc(-c2ccc(Oc3ccccc3N)cc2)cc1. The molecule has 4 N–H and O–H groups in total. The number of benzene rings is 4. The highest BCUT2D eigenvalue weighted by atomic mass is 16.5. The zero-order chi connectivity index (χ0) is 19.3. The average Bonchev–Trinajstić information content (AvgIpc) is 2.73. The predicted octanol–water partition coefficient (Wildman–Crippen LogP) is 6.10. The van der Waals surface area contributed by atoms with Crippen molar-refractivity contribution >= 4 is 11.4 Å². The summed E-state index contributed by atoms with van der Waals surface area (Å²) in [6, 6.07) is 30.6. The van der Waals surface area contributed by atoms with E-state index in [1.807, 2.05) is 97.1 Å². The minimum atomic E-state index is 0.612.